The van der Waals surface area contributed by atoms with Crippen LogP contribution in [0.5, 0.6) is 17.2 Å². The molecule has 0 bridgehead atoms. The van der Waals surface area contributed by atoms with Gasteiger partial charge in [0.25, 0.3) is 0 Å². The van der Waals surface area contributed by atoms with Crippen LogP contribution in [0.2, 0.25) is 0 Å². The van der Waals surface area contributed by atoms with Gasteiger partial charge in [-0.25, -0.2) is 4.79 Å². The topological polar surface area (TPSA) is 107 Å². The number of allylic oxidation sites excluding steroid dienone is 1. The van der Waals surface area contributed by atoms with Crippen LogP contribution in [0.3, 0.4) is 0 Å². The second-order valence-electron chi connectivity index (χ2n) is 9.00. The van der Waals surface area contributed by atoms with Crippen molar-refractivity contribution in [3.63, 3.8) is 0 Å². The normalized spacial score (nSPS) is 15.1. The fraction of sp³-hybridized carbons (Fsp3) is 0.267. The predicted molar refractivity (Wildman–Crippen MR) is 144 cm³/mol. The number of carboxylic acid groups (broad SMARTS) is 1. The summed E-state index contributed by atoms with van der Waals surface area (Å²) in [5.74, 6) is 1.26. The highest BCUT2D eigenvalue weighted by Crippen LogP contribution is 2.29. The lowest BCUT2D eigenvalue weighted by Gasteiger charge is -2.27. The SMILES string of the molecule is COc1ccc(OC(=O)N(CC(=O)O)[C@H](C)c2ccc(OCCC3=C(C)OC(c4ccccc4)N3)cc2)cc1. The average molecular weight is 533 g/mol. The molecule has 0 saturated heterocycles. The Morgan fingerprint density at radius 2 is 1.62 bits per heavy atom. The van der Waals surface area contributed by atoms with Crippen molar-refractivity contribution < 1.29 is 33.6 Å². The molecule has 0 aromatic heterocycles. The molecule has 3 aromatic rings. The highest BCUT2D eigenvalue weighted by atomic mass is 16.6. The lowest BCUT2D eigenvalue weighted by atomic mass is 10.1. The van der Waals surface area contributed by atoms with Gasteiger partial charge in [-0.2, -0.15) is 0 Å². The first-order chi connectivity index (χ1) is 18.8. The number of nitrogens with zero attached hydrogens (tertiary/aromatic N) is 1. The van der Waals surface area contributed by atoms with Gasteiger partial charge in [0.2, 0.25) is 0 Å². The number of ether oxygens (including phenoxy) is 4. The molecule has 2 atom stereocenters. The molecule has 1 unspecified atom stereocenters. The lowest BCUT2D eigenvalue weighted by molar-refractivity contribution is -0.138. The Hall–Kier alpha value is -4.66. The smallest absolute Gasteiger partial charge is 0.416 e. The van der Waals surface area contributed by atoms with Gasteiger partial charge >= 0.3 is 12.1 Å². The van der Waals surface area contributed by atoms with Crippen LogP contribution in [-0.2, 0) is 9.53 Å². The fourth-order valence-corrected chi connectivity index (χ4v) is 4.17. The van der Waals surface area contributed by atoms with Gasteiger partial charge in [0.05, 0.1) is 25.5 Å². The minimum absolute atomic E-state index is 0.202. The summed E-state index contributed by atoms with van der Waals surface area (Å²) in [5.41, 5.74) is 2.79. The first kappa shape index (κ1) is 27.4. The van der Waals surface area contributed by atoms with Gasteiger partial charge in [-0.05, 0) is 55.8 Å². The van der Waals surface area contributed by atoms with Crippen molar-refractivity contribution in [3.05, 3.63) is 101 Å². The second-order valence-corrected chi connectivity index (χ2v) is 9.00. The second kappa shape index (κ2) is 12.7. The van der Waals surface area contributed by atoms with Crippen LogP contribution < -0.4 is 19.5 Å². The molecule has 1 heterocycles. The maximum Gasteiger partial charge on any atom is 0.416 e. The first-order valence-electron chi connectivity index (χ1n) is 12.6. The lowest BCUT2D eigenvalue weighted by Crippen LogP contribution is -2.39. The number of hydrogen-bond acceptors (Lipinski definition) is 7. The van der Waals surface area contributed by atoms with Crippen LogP contribution in [-0.4, -0.2) is 42.3 Å². The summed E-state index contributed by atoms with van der Waals surface area (Å²) in [7, 11) is 1.54. The summed E-state index contributed by atoms with van der Waals surface area (Å²) >= 11 is 0. The summed E-state index contributed by atoms with van der Waals surface area (Å²) in [4.78, 5) is 25.5. The van der Waals surface area contributed by atoms with Gasteiger partial charge in [0, 0.05) is 12.0 Å². The Labute approximate surface area is 227 Å². The molecule has 0 radical (unpaired) electrons. The molecule has 0 spiro atoms. The van der Waals surface area contributed by atoms with E-state index in [2.05, 4.69) is 5.32 Å². The number of carbonyl (C=O) groups excluding carboxylic acids is 1. The molecule has 204 valence electrons. The summed E-state index contributed by atoms with van der Waals surface area (Å²) in [5, 5.41) is 12.8. The number of benzene rings is 3. The van der Waals surface area contributed by atoms with E-state index in [4.69, 9.17) is 18.9 Å². The maximum atomic E-state index is 12.9. The molecule has 1 aliphatic rings. The van der Waals surface area contributed by atoms with Gasteiger partial charge in [-0.3, -0.25) is 9.69 Å². The molecule has 1 amide bonds. The van der Waals surface area contributed by atoms with Gasteiger partial charge in [-0.15, -0.1) is 0 Å². The molecular weight excluding hydrogens is 500 g/mol. The highest BCUT2D eigenvalue weighted by Gasteiger charge is 2.26. The van der Waals surface area contributed by atoms with Crippen molar-refractivity contribution >= 4 is 12.1 Å². The molecule has 0 fully saturated rings. The van der Waals surface area contributed by atoms with Crippen LogP contribution in [0.15, 0.2) is 90.3 Å². The van der Waals surface area contributed by atoms with E-state index in [1.54, 1.807) is 43.3 Å². The van der Waals surface area contributed by atoms with Crippen LogP contribution in [0.25, 0.3) is 0 Å². The summed E-state index contributed by atoms with van der Waals surface area (Å²) < 4.78 is 22.4. The maximum absolute atomic E-state index is 12.9. The number of nitrogens with one attached hydrogen (secondary N) is 1. The minimum Gasteiger partial charge on any atom is -0.497 e. The Bertz CT molecular complexity index is 1290. The van der Waals surface area contributed by atoms with Crippen LogP contribution in [0, 0.1) is 0 Å². The number of rotatable bonds is 11. The zero-order chi connectivity index (χ0) is 27.8. The number of carboxylic acids is 1. The molecule has 2 N–H and O–H groups in total. The van der Waals surface area contributed by atoms with Gasteiger partial charge in [0.15, 0.2) is 6.23 Å². The Balaban J connectivity index is 1.32. The molecular formula is C30H32N2O7. The Kier molecular flexibility index (Phi) is 8.94. The van der Waals surface area contributed by atoms with Crippen LogP contribution in [0.4, 0.5) is 4.79 Å². The molecule has 9 nitrogen and oxygen atoms in total. The average Bonchev–Trinajstić information content (AvgIpc) is 3.32. The van der Waals surface area contributed by atoms with Gasteiger partial charge in [-0.1, -0.05) is 42.5 Å². The number of hydrogen-bond donors (Lipinski definition) is 2. The Morgan fingerprint density at radius 1 is 0.974 bits per heavy atom. The van der Waals surface area contributed by atoms with Crippen molar-refractivity contribution in [3.8, 4) is 17.2 Å². The van der Waals surface area contributed by atoms with E-state index < -0.39 is 24.6 Å². The Morgan fingerprint density at radius 3 is 2.26 bits per heavy atom. The molecule has 3 aromatic carbocycles. The standard InChI is InChI=1S/C30H32N2O7/c1-20(32(19-28(33)34)30(35)39-26-15-13-24(36-3)14-16-26)22-9-11-25(12-10-22)37-18-17-27-21(2)38-29(31-27)23-7-5-4-6-8-23/h4-16,20,29,31H,17-19H2,1-3H3,(H,33,34)/t20-,29?/m1/s1. The van der Waals surface area contributed by atoms with Crippen molar-refractivity contribution in [1.82, 2.24) is 10.2 Å². The van der Waals surface area contributed by atoms with Gasteiger partial charge < -0.3 is 29.4 Å². The van der Waals surface area contributed by atoms with Crippen molar-refractivity contribution in [2.75, 3.05) is 20.3 Å². The summed E-state index contributed by atoms with van der Waals surface area (Å²) in [6.45, 7) is 3.61. The van der Waals surface area contributed by atoms with Crippen molar-refractivity contribution in [2.45, 2.75) is 32.5 Å². The predicted octanol–water partition coefficient (Wildman–Crippen LogP) is 5.66. The van der Waals surface area contributed by atoms with Gasteiger partial charge in [0.1, 0.15) is 29.6 Å². The zero-order valence-electron chi connectivity index (χ0n) is 22.1. The molecule has 39 heavy (non-hydrogen) atoms. The zero-order valence-corrected chi connectivity index (χ0v) is 22.1. The van der Waals surface area contributed by atoms with Crippen LogP contribution >= 0.6 is 0 Å². The van der Waals surface area contributed by atoms with Crippen LogP contribution in [0.1, 0.15) is 43.7 Å². The molecule has 9 heteroatoms. The third-order valence-electron chi connectivity index (χ3n) is 6.38. The number of amides is 1. The van der Waals surface area contributed by atoms with E-state index >= 15 is 0 Å². The van der Waals surface area contributed by atoms with Crippen molar-refractivity contribution in [1.29, 1.82) is 0 Å². The molecule has 1 aliphatic heterocycles. The molecule has 0 saturated carbocycles. The van der Waals surface area contributed by atoms with E-state index in [1.807, 2.05) is 49.4 Å². The highest BCUT2D eigenvalue weighted by molar-refractivity contribution is 5.78. The van der Waals surface area contributed by atoms with E-state index in [0.29, 0.717) is 24.5 Å². The first-order valence-corrected chi connectivity index (χ1v) is 12.6. The third-order valence-corrected chi connectivity index (χ3v) is 6.38. The minimum atomic E-state index is -1.14. The quantitative estimate of drug-likeness (QED) is 0.326. The van der Waals surface area contributed by atoms with E-state index in [9.17, 15) is 14.7 Å². The fourth-order valence-electron chi connectivity index (χ4n) is 4.17. The largest absolute Gasteiger partial charge is 0.497 e. The summed E-state index contributed by atoms with van der Waals surface area (Å²) in [6.07, 6.45) is -0.317. The van der Waals surface area contributed by atoms with E-state index in [1.165, 1.54) is 7.11 Å². The van der Waals surface area contributed by atoms with E-state index in [-0.39, 0.29) is 12.0 Å². The number of methoxy groups -OCH3 is 1. The van der Waals surface area contributed by atoms with E-state index in [0.717, 1.165) is 27.5 Å². The summed E-state index contributed by atoms with van der Waals surface area (Å²) in [6, 6.07) is 23.1. The third kappa shape index (κ3) is 7.22. The molecule has 0 aliphatic carbocycles. The number of carbonyl (C=O) groups is 2. The molecule has 4 rings (SSSR count). The monoisotopic (exact) mass is 532 g/mol. The van der Waals surface area contributed by atoms with Crippen molar-refractivity contribution in [2.24, 2.45) is 0 Å². The number of aliphatic carboxylic acids is 1.